The molecule has 1 amide bonds. The molecular weight excluding hydrogens is 356 g/mol. The van der Waals surface area contributed by atoms with Gasteiger partial charge in [0.2, 0.25) is 5.91 Å². The number of carbonyl (C=O) groups excluding carboxylic acids is 1. The molecule has 0 unspecified atom stereocenters. The number of fused-ring (bicyclic) bond motifs is 3. The summed E-state index contributed by atoms with van der Waals surface area (Å²) < 4.78 is 2.00. The van der Waals surface area contributed by atoms with Gasteiger partial charge in [0, 0.05) is 6.04 Å². The van der Waals surface area contributed by atoms with Crippen molar-refractivity contribution in [2.45, 2.75) is 55.8 Å². The molecular formula is C21H22N4OS. The lowest BCUT2D eigenvalue weighted by Crippen LogP contribution is -2.37. The first-order valence-corrected chi connectivity index (χ1v) is 10.2. The molecule has 0 radical (unpaired) electrons. The van der Waals surface area contributed by atoms with Gasteiger partial charge < -0.3 is 5.32 Å². The summed E-state index contributed by atoms with van der Waals surface area (Å²) in [5, 5.41) is 13.5. The molecule has 6 heteroatoms. The fourth-order valence-electron chi connectivity index (χ4n) is 3.76. The molecule has 1 aliphatic rings. The standard InChI is InChI=1S/C21H22N4OS/c1-13-11-19(27-14(2)21(26)23-15-7-3-4-8-15)25-18-10-6-5-9-17(18)24-20(25)16(13)12-22/h5-6,9-11,14-15H,3-4,7-8H2,1-2H3,(H,23,26)/t14-/m0/s1. The summed E-state index contributed by atoms with van der Waals surface area (Å²) in [6.07, 6.45) is 4.55. The predicted octanol–water partition coefficient (Wildman–Crippen LogP) is 4.21. The molecule has 27 heavy (non-hydrogen) atoms. The highest BCUT2D eigenvalue weighted by molar-refractivity contribution is 8.00. The fraction of sp³-hybridized carbons (Fsp3) is 0.381. The Morgan fingerprint density at radius 1 is 1.37 bits per heavy atom. The SMILES string of the molecule is Cc1cc(S[C@@H](C)C(=O)NC2CCCC2)n2c(nc3ccccc32)c1C#N. The van der Waals surface area contributed by atoms with Crippen molar-refractivity contribution in [2.75, 3.05) is 0 Å². The van der Waals surface area contributed by atoms with Crippen LogP contribution in [0.4, 0.5) is 0 Å². The monoisotopic (exact) mass is 378 g/mol. The molecule has 138 valence electrons. The third kappa shape index (κ3) is 3.28. The van der Waals surface area contributed by atoms with Crippen molar-refractivity contribution in [1.29, 1.82) is 5.26 Å². The van der Waals surface area contributed by atoms with E-state index in [1.165, 1.54) is 24.6 Å². The maximum atomic E-state index is 12.6. The molecule has 1 saturated carbocycles. The van der Waals surface area contributed by atoms with Gasteiger partial charge in [-0.05, 0) is 50.5 Å². The van der Waals surface area contributed by atoms with E-state index in [1.807, 2.05) is 48.6 Å². The van der Waals surface area contributed by atoms with E-state index in [9.17, 15) is 10.1 Å². The van der Waals surface area contributed by atoms with E-state index in [-0.39, 0.29) is 11.2 Å². The molecule has 3 aromatic rings. The highest BCUT2D eigenvalue weighted by atomic mass is 32.2. The normalized spacial score (nSPS) is 15.9. The van der Waals surface area contributed by atoms with Crippen molar-refractivity contribution in [2.24, 2.45) is 0 Å². The second-order valence-corrected chi connectivity index (χ2v) is 8.52. The highest BCUT2D eigenvalue weighted by Crippen LogP contribution is 2.31. The van der Waals surface area contributed by atoms with Crippen molar-refractivity contribution in [3.63, 3.8) is 0 Å². The molecule has 2 aromatic heterocycles. The molecule has 1 aromatic carbocycles. The van der Waals surface area contributed by atoms with Crippen molar-refractivity contribution in [3.05, 3.63) is 41.5 Å². The van der Waals surface area contributed by atoms with Crippen LogP contribution in [0, 0.1) is 18.3 Å². The van der Waals surface area contributed by atoms with Gasteiger partial charge in [0.1, 0.15) is 6.07 Å². The van der Waals surface area contributed by atoms with Gasteiger partial charge >= 0.3 is 0 Å². The van der Waals surface area contributed by atoms with Gasteiger partial charge in [-0.2, -0.15) is 5.26 Å². The minimum atomic E-state index is -0.220. The average molecular weight is 379 g/mol. The van der Waals surface area contributed by atoms with E-state index < -0.39 is 0 Å². The van der Waals surface area contributed by atoms with Crippen LogP contribution in [0.2, 0.25) is 0 Å². The Morgan fingerprint density at radius 3 is 2.85 bits per heavy atom. The Balaban J connectivity index is 1.72. The highest BCUT2D eigenvalue weighted by Gasteiger charge is 2.23. The van der Waals surface area contributed by atoms with Gasteiger partial charge in [-0.3, -0.25) is 9.20 Å². The van der Waals surface area contributed by atoms with Gasteiger partial charge in [0.15, 0.2) is 5.65 Å². The summed E-state index contributed by atoms with van der Waals surface area (Å²) in [6, 6.07) is 12.4. The first-order chi connectivity index (χ1) is 13.1. The molecule has 0 saturated heterocycles. The number of pyridine rings is 1. The number of nitriles is 1. The number of carbonyl (C=O) groups is 1. The van der Waals surface area contributed by atoms with Crippen LogP contribution in [-0.4, -0.2) is 26.6 Å². The predicted molar refractivity (Wildman–Crippen MR) is 108 cm³/mol. The van der Waals surface area contributed by atoms with Gasteiger partial charge in [-0.25, -0.2) is 4.98 Å². The summed E-state index contributed by atoms with van der Waals surface area (Å²) in [6.45, 7) is 3.86. The van der Waals surface area contributed by atoms with Crippen LogP contribution in [0.3, 0.4) is 0 Å². The third-order valence-electron chi connectivity index (χ3n) is 5.22. The Labute approximate surface area is 162 Å². The lowest BCUT2D eigenvalue weighted by molar-refractivity contribution is -0.120. The molecule has 1 fully saturated rings. The smallest absolute Gasteiger partial charge is 0.233 e. The second-order valence-electron chi connectivity index (χ2n) is 7.16. The summed E-state index contributed by atoms with van der Waals surface area (Å²) in [5.74, 6) is 0.0754. The van der Waals surface area contributed by atoms with E-state index in [0.717, 1.165) is 34.5 Å². The van der Waals surface area contributed by atoms with Crippen LogP contribution in [0.15, 0.2) is 35.4 Å². The van der Waals surface area contributed by atoms with Gasteiger partial charge in [0.25, 0.3) is 0 Å². The topological polar surface area (TPSA) is 70.2 Å². The number of para-hydroxylation sites is 2. The molecule has 5 nitrogen and oxygen atoms in total. The fourth-order valence-corrected chi connectivity index (χ4v) is 4.84. The maximum Gasteiger partial charge on any atom is 0.233 e. The number of nitrogens with zero attached hydrogens (tertiary/aromatic N) is 3. The van der Waals surface area contributed by atoms with Crippen LogP contribution in [0.1, 0.15) is 43.7 Å². The summed E-state index contributed by atoms with van der Waals surface area (Å²) in [5.41, 5.74) is 3.92. The van der Waals surface area contributed by atoms with E-state index in [1.54, 1.807) is 0 Å². The molecule has 1 aliphatic carbocycles. The van der Waals surface area contributed by atoms with E-state index in [2.05, 4.69) is 16.4 Å². The number of amides is 1. The molecule has 4 rings (SSSR count). The largest absolute Gasteiger partial charge is 0.352 e. The lowest BCUT2D eigenvalue weighted by atomic mass is 10.2. The minimum Gasteiger partial charge on any atom is -0.352 e. The zero-order valence-electron chi connectivity index (χ0n) is 15.5. The lowest BCUT2D eigenvalue weighted by Gasteiger charge is -2.17. The summed E-state index contributed by atoms with van der Waals surface area (Å²) in [4.78, 5) is 17.3. The number of nitrogens with one attached hydrogen (secondary N) is 1. The Bertz CT molecular complexity index is 1060. The van der Waals surface area contributed by atoms with Crippen molar-refractivity contribution < 1.29 is 4.79 Å². The zero-order chi connectivity index (χ0) is 19.0. The Morgan fingerprint density at radius 2 is 2.11 bits per heavy atom. The Kier molecular flexibility index (Phi) is 4.79. The third-order valence-corrected chi connectivity index (χ3v) is 6.33. The minimum absolute atomic E-state index is 0.0754. The van der Waals surface area contributed by atoms with Gasteiger partial charge in [0.05, 0.1) is 26.9 Å². The van der Waals surface area contributed by atoms with Crippen molar-refractivity contribution in [1.82, 2.24) is 14.7 Å². The van der Waals surface area contributed by atoms with E-state index in [4.69, 9.17) is 0 Å². The number of hydrogen-bond acceptors (Lipinski definition) is 4. The molecule has 0 spiro atoms. The Hall–Kier alpha value is -2.52. The quantitative estimate of drug-likeness (QED) is 0.691. The first kappa shape index (κ1) is 17.9. The molecule has 2 heterocycles. The van der Waals surface area contributed by atoms with Crippen molar-refractivity contribution in [3.8, 4) is 6.07 Å². The van der Waals surface area contributed by atoms with Gasteiger partial charge in [-0.15, -0.1) is 0 Å². The van der Waals surface area contributed by atoms with Crippen LogP contribution >= 0.6 is 11.8 Å². The number of aryl methyl sites for hydroxylation is 1. The van der Waals surface area contributed by atoms with E-state index in [0.29, 0.717) is 17.3 Å². The number of aromatic nitrogens is 2. The van der Waals surface area contributed by atoms with Gasteiger partial charge in [-0.1, -0.05) is 36.7 Å². The first-order valence-electron chi connectivity index (χ1n) is 9.36. The van der Waals surface area contributed by atoms with Crippen molar-refractivity contribution >= 4 is 34.3 Å². The number of hydrogen-bond donors (Lipinski definition) is 1. The summed E-state index contributed by atoms with van der Waals surface area (Å²) >= 11 is 1.52. The second kappa shape index (κ2) is 7.24. The van der Waals surface area contributed by atoms with Crippen LogP contribution in [-0.2, 0) is 4.79 Å². The molecule has 1 N–H and O–H groups in total. The van der Waals surface area contributed by atoms with Crippen LogP contribution in [0.5, 0.6) is 0 Å². The molecule has 0 aliphatic heterocycles. The van der Waals surface area contributed by atoms with Crippen LogP contribution in [0.25, 0.3) is 16.7 Å². The number of benzene rings is 1. The number of rotatable bonds is 4. The number of thioether (sulfide) groups is 1. The van der Waals surface area contributed by atoms with Crippen LogP contribution < -0.4 is 5.32 Å². The molecule has 0 bridgehead atoms. The number of imidazole rings is 1. The maximum absolute atomic E-state index is 12.6. The van der Waals surface area contributed by atoms with E-state index >= 15 is 0 Å². The summed E-state index contributed by atoms with van der Waals surface area (Å²) in [7, 11) is 0. The average Bonchev–Trinajstić information content (AvgIpc) is 3.29. The zero-order valence-corrected chi connectivity index (χ0v) is 16.3. The molecule has 1 atom stereocenters.